The molecule has 1 fully saturated rings. The molecular weight excluding hydrogens is 226 g/mol. The van der Waals surface area contributed by atoms with Gasteiger partial charge in [-0.05, 0) is 13.0 Å². The van der Waals surface area contributed by atoms with E-state index in [9.17, 15) is 4.79 Å². The lowest BCUT2D eigenvalue weighted by Gasteiger charge is -2.33. The number of nitrogens with zero attached hydrogens (tertiary/aromatic N) is 1. The maximum Gasteiger partial charge on any atom is 0.256 e. The number of nitrogens with one attached hydrogen (secondary N) is 2. The molecule has 0 saturated carbocycles. The van der Waals surface area contributed by atoms with Gasteiger partial charge < -0.3 is 15.2 Å². The minimum Gasteiger partial charge on any atom is -0.360 e. The molecule has 4 heteroatoms. The second-order valence-electron chi connectivity index (χ2n) is 4.80. The molecule has 1 aliphatic rings. The molecule has 0 radical (unpaired) electrons. The van der Waals surface area contributed by atoms with Gasteiger partial charge in [0.05, 0.1) is 5.56 Å². The smallest absolute Gasteiger partial charge is 0.256 e. The van der Waals surface area contributed by atoms with Crippen molar-refractivity contribution in [3.63, 3.8) is 0 Å². The van der Waals surface area contributed by atoms with Crippen LogP contribution in [0.4, 0.5) is 0 Å². The molecule has 0 unspecified atom stereocenters. The van der Waals surface area contributed by atoms with Crippen molar-refractivity contribution in [1.82, 2.24) is 15.2 Å². The topological polar surface area (TPSA) is 48.1 Å². The van der Waals surface area contributed by atoms with Gasteiger partial charge in [0.25, 0.3) is 5.91 Å². The van der Waals surface area contributed by atoms with Crippen LogP contribution in [0.25, 0.3) is 10.9 Å². The Morgan fingerprint density at radius 3 is 3.06 bits per heavy atom. The van der Waals surface area contributed by atoms with Crippen LogP contribution in [0.2, 0.25) is 0 Å². The standard InChI is InChI=1S/C14H17N3O/c1-10-8-15-6-7-17(10)14(18)12-9-16-13-5-3-2-4-11(12)13/h2-5,9-10,15-16H,6-8H2,1H3/t10-/m0/s1. The Morgan fingerprint density at radius 2 is 2.22 bits per heavy atom. The third-order valence-corrected chi connectivity index (χ3v) is 3.58. The van der Waals surface area contributed by atoms with Gasteiger partial charge in [0.2, 0.25) is 0 Å². The fourth-order valence-corrected chi connectivity index (χ4v) is 2.55. The van der Waals surface area contributed by atoms with E-state index < -0.39 is 0 Å². The lowest BCUT2D eigenvalue weighted by atomic mass is 10.1. The molecule has 1 atom stereocenters. The molecule has 1 aromatic heterocycles. The number of hydrogen-bond donors (Lipinski definition) is 2. The summed E-state index contributed by atoms with van der Waals surface area (Å²) in [6, 6.07) is 8.17. The Labute approximate surface area is 106 Å². The van der Waals surface area contributed by atoms with Crippen molar-refractivity contribution in [2.24, 2.45) is 0 Å². The number of benzene rings is 1. The van der Waals surface area contributed by atoms with E-state index in [0.717, 1.165) is 36.1 Å². The molecule has 1 amide bonds. The monoisotopic (exact) mass is 243 g/mol. The minimum atomic E-state index is 0.126. The fraction of sp³-hybridized carbons (Fsp3) is 0.357. The number of carbonyl (C=O) groups is 1. The average Bonchev–Trinajstić information content (AvgIpc) is 2.82. The van der Waals surface area contributed by atoms with E-state index in [-0.39, 0.29) is 11.9 Å². The highest BCUT2D eigenvalue weighted by molar-refractivity contribution is 6.06. The Morgan fingerprint density at radius 1 is 1.39 bits per heavy atom. The second kappa shape index (κ2) is 4.46. The second-order valence-corrected chi connectivity index (χ2v) is 4.80. The quantitative estimate of drug-likeness (QED) is 0.799. The number of aromatic amines is 1. The van der Waals surface area contributed by atoms with Gasteiger partial charge in [0.15, 0.2) is 0 Å². The van der Waals surface area contributed by atoms with E-state index in [4.69, 9.17) is 0 Å². The first kappa shape index (κ1) is 11.3. The number of H-pyrrole nitrogens is 1. The maximum atomic E-state index is 12.6. The Bertz CT molecular complexity index is 575. The van der Waals surface area contributed by atoms with Gasteiger partial charge >= 0.3 is 0 Å². The first-order chi connectivity index (χ1) is 8.77. The zero-order chi connectivity index (χ0) is 12.5. The summed E-state index contributed by atoms with van der Waals surface area (Å²) in [5.41, 5.74) is 1.79. The van der Waals surface area contributed by atoms with Crippen LogP contribution in [0, 0.1) is 0 Å². The first-order valence-electron chi connectivity index (χ1n) is 6.35. The number of carbonyl (C=O) groups excluding carboxylic acids is 1. The summed E-state index contributed by atoms with van der Waals surface area (Å²) in [7, 11) is 0. The zero-order valence-corrected chi connectivity index (χ0v) is 10.4. The van der Waals surface area contributed by atoms with E-state index >= 15 is 0 Å². The van der Waals surface area contributed by atoms with Gasteiger partial charge in [-0.3, -0.25) is 4.79 Å². The molecule has 1 aromatic carbocycles. The van der Waals surface area contributed by atoms with E-state index in [1.165, 1.54) is 0 Å². The molecule has 18 heavy (non-hydrogen) atoms. The normalized spacial score (nSPS) is 20.3. The van der Waals surface area contributed by atoms with Crippen LogP contribution in [0.5, 0.6) is 0 Å². The minimum absolute atomic E-state index is 0.126. The van der Waals surface area contributed by atoms with Crippen molar-refractivity contribution in [2.75, 3.05) is 19.6 Å². The van der Waals surface area contributed by atoms with E-state index in [2.05, 4.69) is 17.2 Å². The molecule has 0 spiro atoms. The molecule has 0 bridgehead atoms. The number of piperazine rings is 1. The van der Waals surface area contributed by atoms with Crippen LogP contribution in [0.1, 0.15) is 17.3 Å². The third-order valence-electron chi connectivity index (χ3n) is 3.58. The number of rotatable bonds is 1. The van der Waals surface area contributed by atoms with Gasteiger partial charge in [-0.15, -0.1) is 0 Å². The van der Waals surface area contributed by atoms with Gasteiger partial charge in [0.1, 0.15) is 0 Å². The number of hydrogen-bond acceptors (Lipinski definition) is 2. The molecule has 2 aromatic rings. The molecule has 1 aliphatic heterocycles. The van der Waals surface area contributed by atoms with Crippen LogP contribution >= 0.6 is 0 Å². The summed E-state index contributed by atoms with van der Waals surface area (Å²) in [6.45, 7) is 4.60. The van der Waals surface area contributed by atoms with Crippen LogP contribution in [0.3, 0.4) is 0 Å². The fourth-order valence-electron chi connectivity index (χ4n) is 2.55. The largest absolute Gasteiger partial charge is 0.360 e. The lowest BCUT2D eigenvalue weighted by Crippen LogP contribution is -2.52. The molecule has 2 N–H and O–H groups in total. The van der Waals surface area contributed by atoms with Gasteiger partial charge in [-0.2, -0.15) is 0 Å². The summed E-state index contributed by atoms with van der Waals surface area (Å²) in [4.78, 5) is 17.7. The molecule has 94 valence electrons. The van der Waals surface area contributed by atoms with E-state index in [0.29, 0.717) is 0 Å². The van der Waals surface area contributed by atoms with Crippen molar-refractivity contribution >= 4 is 16.8 Å². The van der Waals surface area contributed by atoms with Crippen molar-refractivity contribution in [3.05, 3.63) is 36.0 Å². The number of aromatic nitrogens is 1. The molecule has 1 saturated heterocycles. The van der Waals surface area contributed by atoms with E-state index in [1.807, 2.05) is 35.4 Å². The predicted octanol–water partition coefficient (Wildman–Crippen LogP) is 1.60. The van der Waals surface area contributed by atoms with Crippen molar-refractivity contribution in [2.45, 2.75) is 13.0 Å². The molecule has 0 aliphatic carbocycles. The van der Waals surface area contributed by atoms with Crippen LogP contribution < -0.4 is 5.32 Å². The van der Waals surface area contributed by atoms with Crippen LogP contribution in [-0.2, 0) is 0 Å². The zero-order valence-electron chi connectivity index (χ0n) is 10.4. The summed E-state index contributed by atoms with van der Waals surface area (Å²) in [5.74, 6) is 0.126. The molecule has 3 rings (SSSR count). The van der Waals surface area contributed by atoms with Crippen LogP contribution in [0.15, 0.2) is 30.5 Å². The first-order valence-corrected chi connectivity index (χ1v) is 6.35. The number of amides is 1. The van der Waals surface area contributed by atoms with Gasteiger partial charge in [-0.1, -0.05) is 18.2 Å². The summed E-state index contributed by atoms with van der Waals surface area (Å²) in [5, 5.41) is 4.31. The highest BCUT2D eigenvalue weighted by atomic mass is 16.2. The van der Waals surface area contributed by atoms with Crippen molar-refractivity contribution in [1.29, 1.82) is 0 Å². The summed E-state index contributed by atoms with van der Waals surface area (Å²) in [6.07, 6.45) is 1.82. The van der Waals surface area contributed by atoms with Crippen molar-refractivity contribution < 1.29 is 4.79 Å². The molecule has 2 heterocycles. The van der Waals surface area contributed by atoms with Crippen molar-refractivity contribution in [3.8, 4) is 0 Å². The van der Waals surface area contributed by atoms with Crippen LogP contribution in [-0.4, -0.2) is 41.5 Å². The Balaban J connectivity index is 1.96. The van der Waals surface area contributed by atoms with Gasteiger partial charge in [-0.25, -0.2) is 0 Å². The molecular formula is C14H17N3O. The molecule has 4 nitrogen and oxygen atoms in total. The SMILES string of the molecule is C[C@H]1CNCCN1C(=O)c1c[nH]c2ccccc12. The highest BCUT2D eigenvalue weighted by Gasteiger charge is 2.25. The number of fused-ring (bicyclic) bond motifs is 1. The average molecular weight is 243 g/mol. The number of para-hydroxylation sites is 1. The van der Waals surface area contributed by atoms with E-state index in [1.54, 1.807) is 0 Å². The predicted molar refractivity (Wildman–Crippen MR) is 71.7 cm³/mol. The highest BCUT2D eigenvalue weighted by Crippen LogP contribution is 2.20. The summed E-state index contributed by atoms with van der Waals surface area (Å²) >= 11 is 0. The third kappa shape index (κ3) is 1.78. The maximum absolute atomic E-state index is 12.6. The Hall–Kier alpha value is -1.81. The van der Waals surface area contributed by atoms with Gasteiger partial charge in [0, 0.05) is 42.8 Å². The summed E-state index contributed by atoms with van der Waals surface area (Å²) < 4.78 is 0. The Kier molecular flexibility index (Phi) is 2.80. The lowest BCUT2D eigenvalue weighted by molar-refractivity contribution is 0.0658.